The van der Waals surface area contributed by atoms with Gasteiger partial charge in [0.1, 0.15) is 0 Å². The van der Waals surface area contributed by atoms with Gasteiger partial charge in [0.15, 0.2) is 0 Å². The zero-order valence-corrected chi connectivity index (χ0v) is 21.1. The van der Waals surface area contributed by atoms with Crippen LogP contribution in [0.3, 0.4) is 0 Å². The zero-order chi connectivity index (χ0) is 21.7. The van der Waals surface area contributed by atoms with Crippen LogP contribution in [0.15, 0.2) is 11.6 Å². The molecule has 3 saturated carbocycles. The fourth-order valence-electron chi connectivity index (χ4n) is 9.50. The van der Waals surface area contributed by atoms with Gasteiger partial charge in [-0.25, -0.2) is 0 Å². The molecule has 172 valence electrons. The average Bonchev–Trinajstić information content (AvgIpc) is 3.01. The van der Waals surface area contributed by atoms with Gasteiger partial charge >= 0.3 is 0 Å². The minimum absolute atomic E-state index is 0.390. The zero-order valence-electron chi connectivity index (χ0n) is 21.1. The van der Waals surface area contributed by atoms with Crippen molar-refractivity contribution in [1.29, 1.82) is 0 Å². The molecule has 0 radical (unpaired) electrons. The van der Waals surface area contributed by atoms with Crippen LogP contribution in [0.2, 0.25) is 0 Å². The minimum atomic E-state index is 0.390. The number of nitrogens with two attached hydrogens (primary N) is 1. The molecule has 0 aliphatic heterocycles. The number of hydrogen-bond donors (Lipinski definition) is 1. The van der Waals surface area contributed by atoms with Crippen LogP contribution < -0.4 is 5.73 Å². The summed E-state index contributed by atoms with van der Waals surface area (Å²) in [7, 11) is 0. The molecule has 2 unspecified atom stereocenters. The van der Waals surface area contributed by atoms with Crippen LogP contribution >= 0.6 is 0 Å². The molecule has 8 atom stereocenters. The largest absolute Gasteiger partial charge is 0.330 e. The Morgan fingerprint density at radius 1 is 1.00 bits per heavy atom. The van der Waals surface area contributed by atoms with Crippen LogP contribution in [0.1, 0.15) is 112 Å². The van der Waals surface area contributed by atoms with E-state index in [-0.39, 0.29) is 0 Å². The fourth-order valence-corrected chi connectivity index (χ4v) is 9.50. The van der Waals surface area contributed by atoms with E-state index in [0.29, 0.717) is 16.2 Å². The van der Waals surface area contributed by atoms with Gasteiger partial charge in [-0.1, -0.05) is 72.5 Å². The Bertz CT molecular complexity index is 649. The quantitative estimate of drug-likeness (QED) is 0.439. The third-order valence-corrected chi connectivity index (χ3v) is 11.4. The summed E-state index contributed by atoms with van der Waals surface area (Å²) in [4.78, 5) is 0. The fraction of sp³-hybridized carbons (Fsp3) is 0.931. The first-order chi connectivity index (χ1) is 14.2. The summed E-state index contributed by atoms with van der Waals surface area (Å²) in [5, 5.41) is 0. The highest BCUT2D eigenvalue weighted by molar-refractivity contribution is 5.27. The molecule has 0 spiro atoms. The lowest BCUT2D eigenvalue weighted by atomic mass is 9.41. The molecule has 0 aromatic heterocycles. The van der Waals surface area contributed by atoms with E-state index >= 15 is 0 Å². The van der Waals surface area contributed by atoms with Crippen molar-refractivity contribution in [3.8, 4) is 0 Å². The predicted molar refractivity (Wildman–Crippen MR) is 130 cm³/mol. The van der Waals surface area contributed by atoms with E-state index in [9.17, 15) is 0 Å². The summed E-state index contributed by atoms with van der Waals surface area (Å²) in [6, 6.07) is 0. The molecule has 4 rings (SSSR count). The van der Waals surface area contributed by atoms with Gasteiger partial charge in [-0.2, -0.15) is 0 Å². The molecule has 3 fully saturated rings. The van der Waals surface area contributed by atoms with Crippen LogP contribution in [-0.4, -0.2) is 6.54 Å². The van der Waals surface area contributed by atoms with Gasteiger partial charge in [0, 0.05) is 0 Å². The van der Waals surface area contributed by atoms with Crippen LogP contribution in [0, 0.1) is 51.8 Å². The second kappa shape index (κ2) is 8.24. The summed E-state index contributed by atoms with van der Waals surface area (Å²) in [6.07, 6.45) is 18.2. The van der Waals surface area contributed by atoms with Gasteiger partial charge in [-0.15, -0.1) is 0 Å². The van der Waals surface area contributed by atoms with E-state index in [4.69, 9.17) is 5.73 Å². The molecule has 2 N–H and O–H groups in total. The van der Waals surface area contributed by atoms with Crippen molar-refractivity contribution in [2.75, 3.05) is 6.54 Å². The van der Waals surface area contributed by atoms with E-state index in [1.54, 1.807) is 0 Å². The first-order valence-corrected chi connectivity index (χ1v) is 13.6. The Kier molecular flexibility index (Phi) is 6.28. The summed E-state index contributed by atoms with van der Waals surface area (Å²) >= 11 is 0. The van der Waals surface area contributed by atoms with Crippen molar-refractivity contribution in [2.45, 2.75) is 112 Å². The lowest BCUT2D eigenvalue weighted by molar-refractivity contribution is -0.116. The lowest BCUT2D eigenvalue weighted by Crippen LogP contribution is -2.59. The third-order valence-electron chi connectivity index (χ3n) is 11.4. The summed E-state index contributed by atoms with van der Waals surface area (Å²) < 4.78 is 0. The van der Waals surface area contributed by atoms with Gasteiger partial charge in [0.2, 0.25) is 0 Å². The van der Waals surface area contributed by atoms with E-state index in [1.165, 1.54) is 70.6 Å². The molecule has 0 aromatic carbocycles. The number of allylic oxidation sites excluding steroid dienone is 2. The molecular formula is C29H51N. The molecule has 30 heavy (non-hydrogen) atoms. The Morgan fingerprint density at radius 3 is 2.47 bits per heavy atom. The highest BCUT2D eigenvalue weighted by Gasteiger charge is 2.66. The summed E-state index contributed by atoms with van der Waals surface area (Å²) in [6.45, 7) is 16.1. The van der Waals surface area contributed by atoms with E-state index in [2.05, 4.69) is 47.6 Å². The first-order valence-electron chi connectivity index (χ1n) is 13.6. The molecule has 0 bridgehead atoms. The van der Waals surface area contributed by atoms with Crippen molar-refractivity contribution in [3.05, 3.63) is 11.6 Å². The lowest BCUT2D eigenvalue weighted by Gasteiger charge is -2.63. The van der Waals surface area contributed by atoms with Crippen LogP contribution in [-0.2, 0) is 0 Å². The van der Waals surface area contributed by atoms with Crippen LogP contribution in [0.4, 0.5) is 0 Å². The van der Waals surface area contributed by atoms with E-state index in [0.717, 1.165) is 42.1 Å². The van der Waals surface area contributed by atoms with Crippen molar-refractivity contribution in [3.63, 3.8) is 0 Å². The van der Waals surface area contributed by atoms with E-state index < -0.39 is 0 Å². The van der Waals surface area contributed by atoms with Crippen molar-refractivity contribution < 1.29 is 0 Å². The number of fused-ring (bicyclic) bond motifs is 5. The van der Waals surface area contributed by atoms with Crippen molar-refractivity contribution in [2.24, 2.45) is 57.5 Å². The maximum atomic E-state index is 6.79. The van der Waals surface area contributed by atoms with Crippen LogP contribution in [0.25, 0.3) is 0 Å². The van der Waals surface area contributed by atoms with Crippen molar-refractivity contribution in [1.82, 2.24) is 0 Å². The maximum absolute atomic E-state index is 6.79. The maximum Gasteiger partial charge on any atom is -0.00123 e. The van der Waals surface area contributed by atoms with Gasteiger partial charge in [0.25, 0.3) is 0 Å². The third kappa shape index (κ3) is 3.36. The molecule has 4 aliphatic carbocycles. The standard InChI is InChI=1S/C29H51N/c1-20(2)8-7-9-22(4)24-14-17-29(19-30)26-11-10-23-18-21(3)12-15-27(23,5)25(26)13-16-28(24,29)6/h10,20-22,24-26H,7-9,11-19,30H2,1-6H3/t21?,22-,24?,25+,26-,27+,28-,29-/m1/s1. The monoisotopic (exact) mass is 413 g/mol. The highest BCUT2D eigenvalue weighted by Crippen LogP contribution is 2.72. The molecule has 4 aliphatic rings. The van der Waals surface area contributed by atoms with Gasteiger partial charge < -0.3 is 5.73 Å². The second-order valence-electron chi connectivity index (χ2n) is 13.2. The SMILES string of the molecule is CC(C)CCC[C@@H](C)C1CC[C@@]2(CN)[C@@H]3CC=C4CC(C)CC[C@]4(C)[C@H]3CC[C@]12C. The first kappa shape index (κ1) is 22.9. The minimum Gasteiger partial charge on any atom is -0.330 e. The highest BCUT2D eigenvalue weighted by atomic mass is 14.8. The number of rotatable bonds is 6. The van der Waals surface area contributed by atoms with E-state index in [1.807, 2.05) is 5.57 Å². The average molecular weight is 414 g/mol. The Balaban J connectivity index is 1.59. The second-order valence-corrected chi connectivity index (χ2v) is 13.2. The molecule has 1 heteroatoms. The smallest absolute Gasteiger partial charge is 0.00123 e. The topological polar surface area (TPSA) is 26.0 Å². The normalized spacial score (nSPS) is 46.7. The molecule has 0 amide bonds. The van der Waals surface area contributed by atoms with Crippen molar-refractivity contribution >= 4 is 0 Å². The molecule has 0 aromatic rings. The van der Waals surface area contributed by atoms with Gasteiger partial charge in [0.05, 0.1) is 0 Å². The Labute approximate surface area is 188 Å². The Morgan fingerprint density at radius 2 is 1.77 bits per heavy atom. The van der Waals surface area contributed by atoms with Gasteiger partial charge in [-0.05, 0) is 110 Å². The van der Waals surface area contributed by atoms with Gasteiger partial charge in [-0.3, -0.25) is 0 Å². The summed E-state index contributed by atoms with van der Waals surface area (Å²) in [5.74, 6) is 5.20. The molecular weight excluding hydrogens is 362 g/mol. The molecule has 0 saturated heterocycles. The molecule has 0 heterocycles. The molecule has 1 nitrogen and oxygen atoms in total. The summed E-state index contributed by atoms with van der Waals surface area (Å²) in [5.41, 5.74) is 9.94. The predicted octanol–water partition coefficient (Wildman–Crippen LogP) is 7.99. The Hall–Kier alpha value is -0.300. The van der Waals surface area contributed by atoms with Crippen LogP contribution in [0.5, 0.6) is 0 Å². The number of hydrogen-bond acceptors (Lipinski definition) is 1.